The molecule has 0 saturated carbocycles. The first kappa shape index (κ1) is 15.0. The fourth-order valence-corrected chi connectivity index (χ4v) is 1.07. The maximum atomic E-state index is 11.2. The van der Waals surface area contributed by atoms with E-state index in [-0.39, 0.29) is 13.2 Å². The lowest BCUT2D eigenvalue weighted by Gasteiger charge is -2.14. The van der Waals surface area contributed by atoms with Crippen molar-refractivity contribution in [1.82, 2.24) is 10.6 Å². The number of primary amides is 1. The Labute approximate surface area is 98.5 Å². The van der Waals surface area contributed by atoms with Crippen LogP contribution in [0.15, 0.2) is 0 Å². The smallest absolute Gasteiger partial charge is 0.404 e. The molecule has 3 amide bonds. The maximum absolute atomic E-state index is 11.2. The Kier molecular flexibility index (Phi) is 7.24. The standard InChI is InChI=1S/C9H17N3O5/c1-2-3-6(7(13)14)12-9(16)11-4-5-17-8(10)15/h6H,2-5H2,1H3,(H2,10,15)(H,13,14)(H2,11,12,16). The van der Waals surface area contributed by atoms with E-state index in [4.69, 9.17) is 10.8 Å². The third kappa shape index (κ3) is 7.88. The molecule has 0 fully saturated rings. The highest BCUT2D eigenvalue weighted by Crippen LogP contribution is 1.96. The van der Waals surface area contributed by atoms with E-state index in [1.807, 2.05) is 6.92 Å². The summed E-state index contributed by atoms with van der Waals surface area (Å²) in [5.41, 5.74) is 4.70. The summed E-state index contributed by atoms with van der Waals surface area (Å²) in [6.45, 7) is 1.82. The van der Waals surface area contributed by atoms with E-state index in [1.165, 1.54) is 0 Å². The van der Waals surface area contributed by atoms with Crippen LogP contribution < -0.4 is 16.4 Å². The fraction of sp³-hybridized carbons (Fsp3) is 0.667. The van der Waals surface area contributed by atoms with Crippen LogP contribution in [0.1, 0.15) is 19.8 Å². The number of nitrogens with two attached hydrogens (primary N) is 1. The number of amides is 3. The quantitative estimate of drug-likeness (QED) is 0.456. The molecule has 5 N–H and O–H groups in total. The average molecular weight is 247 g/mol. The summed E-state index contributed by atoms with van der Waals surface area (Å²) in [6.07, 6.45) is 0.0596. The molecule has 0 aliphatic rings. The molecule has 0 aliphatic carbocycles. The molecule has 17 heavy (non-hydrogen) atoms. The highest BCUT2D eigenvalue weighted by atomic mass is 16.5. The third-order valence-electron chi connectivity index (χ3n) is 1.81. The summed E-state index contributed by atoms with van der Waals surface area (Å²) in [5.74, 6) is -1.09. The van der Waals surface area contributed by atoms with E-state index in [1.54, 1.807) is 0 Å². The van der Waals surface area contributed by atoms with Gasteiger partial charge in [0, 0.05) is 0 Å². The zero-order valence-corrected chi connectivity index (χ0v) is 9.56. The van der Waals surface area contributed by atoms with Gasteiger partial charge in [0.1, 0.15) is 12.6 Å². The monoisotopic (exact) mass is 247 g/mol. The second-order valence-corrected chi connectivity index (χ2v) is 3.25. The second-order valence-electron chi connectivity index (χ2n) is 3.25. The fourth-order valence-electron chi connectivity index (χ4n) is 1.07. The average Bonchev–Trinajstić information content (AvgIpc) is 2.23. The minimum atomic E-state index is -1.09. The Balaban J connectivity index is 3.82. The van der Waals surface area contributed by atoms with Crippen molar-refractivity contribution < 1.29 is 24.2 Å². The van der Waals surface area contributed by atoms with Gasteiger partial charge in [-0.3, -0.25) is 0 Å². The van der Waals surface area contributed by atoms with Gasteiger partial charge >= 0.3 is 18.1 Å². The zero-order chi connectivity index (χ0) is 13.3. The van der Waals surface area contributed by atoms with Gasteiger partial charge in [-0.15, -0.1) is 0 Å². The SMILES string of the molecule is CCCC(NC(=O)NCCOC(N)=O)C(=O)O. The first-order chi connectivity index (χ1) is 7.97. The molecule has 0 aromatic carbocycles. The van der Waals surface area contributed by atoms with E-state index in [9.17, 15) is 14.4 Å². The molecule has 0 aromatic rings. The molecule has 0 bridgehead atoms. The summed E-state index contributed by atoms with van der Waals surface area (Å²) >= 11 is 0. The number of ether oxygens (including phenoxy) is 1. The van der Waals surface area contributed by atoms with Crippen LogP contribution in [0, 0.1) is 0 Å². The summed E-state index contributed by atoms with van der Waals surface area (Å²) < 4.78 is 4.37. The van der Waals surface area contributed by atoms with Gasteiger partial charge in [0.15, 0.2) is 0 Å². The van der Waals surface area contributed by atoms with E-state index < -0.39 is 24.1 Å². The Morgan fingerprint density at radius 1 is 1.41 bits per heavy atom. The number of urea groups is 1. The van der Waals surface area contributed by atoms with Crippen LogP contribution in [0.2, 0.25) is 0 Å². The Morgan fingerprint density at radius 3 is 2.53 bits per heavy atom. The summed E-state index contributed by atoms with van der Waals surface area (Å²) in [7, 11) is 0. The molecule has 0 aromatic heterocycles. The Hall–Kier alpha value is -1.99. The molecule has 1 atom stereocenters. The van der Waals surface area contributed by atoms with Crippen molar-refractivity contribution in [3.8, 4) is 0 Å². The number of aliphatic carboxylic acids is 1. The van der Waals surface area contributed by atoms with Crippen LogP contribution in [0.3, 0.4) is 0 Å². The highest BCUT2D eigenvalue weighted by molar-refractivity contribution is 5.82. The van der Waals surface area contributed by atoms with Gasteiger partial charge < -0.3 is 26.2 Å². The van der Waals surface area contributed by atoms with Gasteiger partial charge in [-0.05, 0) is 6.42 Å². The first-order valence-electron chi connectivity index (χ1n) is 5.16. The van der Waals surface area contributed by atoms with Crippen molar-refractivity contribution in [1.29, 1.82) is 0 Å². The predicted molar refractivity (Wildman–Crippen MR) is 58.4 cm³/mol. The predicted octanol–water partition coefficient (Wildman–Crippen LogP) is -0.366. The number of rotatable bonds is 7. The highest BCUT2D eigenvalue weighted by Gasteiger charge is 2.18. The van der Waals surface area contributed by atoms with Gasteiger partial charge in [-0.1, -0.05) is 13.3 Å². The number of hydrogen-bond donors (Lipinski definition) is 4. The molecule has 8 nitrogen and oxygen atoms in total. The minimum Gasteiger partial charge on any atom is -0.480 e. The van der Waals surface area contributed by atoms with Crippen molar-refractivity contribution in [3.05, 3.63) is 0 Å². The first-order valence-corrected chi connectivity index (χ1v) is 5.16. The summed E-state index contributed by atoms with van der Waals surface area (Å²) in [6, 6.07) is -1.55. The molecular formula is C9H17N3O5. The molecule has 1 unspecified atom stereocenters. The van der Waals surface area contributed by atoms with Crippen LogP contribution in [-0.4, -0.2) is 42.4 Å². The number of hydrogen-bond acceptors (Lipinski definition) is 4. The van der Waals surface area contributed by atoms with Gasteiger partial charge in [0.25, 0.3) is 0 Å². The van der Waals surface area contributed by atoms with Crippen LogP contribution in [-0.2, 0) is 9.53 Å². The van der Waals surface area contributed by atoms with E-state index in [2.05, 4.69) is 15.4 Å². The van der Waals surface area contributed by atoms with Crippen LogP contribution in [0.5, 0.6) is 0 Å². The van der Waals surface area contributed by atoms with Gasteiger partial charge in [-0.25, -0.2) is 14.4 Å². The van der Waals surface area contributed by atoms with Crippen LogP contribution in [0.25, 0.3) is 0 Å². The molecular weight excluding hydrogens is 230 g/mol. The molecule has 0 aliphatic heterocycles. The van der Waals surface area contributed by atoms with E-state index >= 15 is 0 Å². The molecule has 0 radical (unpaired) electrons. The lowest BCUT2D eigenvalue weighted by Crippen LogP contribution is -2.46. The number of carboxylic acid groups (broad SMARTS) is 1. The Morgan fingerprint density at radius 2 is 2.06 bits per heavy atom. The molecule has 98 valence electrons. The summed E-state index contributed by atoms with van der Waals surface area (Å²) in [5, 5.41) is 13.4. The number of carbonyl (C=O) groups is 3. The largest absolute Gasteiger partial charge is 0.480 e. The number of carbonyl (C=O) groups excluding carboxylic acids is 2. The lowest BCUT2D eigenvalue weighted by molar-refractivity contribution is -0.139. The Bertz CT molecular complexity index is 282. The van der Waals surface area contributed by atoms with Crippen LogP contribution in [0.4, 0.5) is 9.59 Å². The maximum Gasteiger partial charge on any atom is 0.404 e. The second kappa shape index (κ2) is 8.20. The van der Waals surface area contributed by atoms with Gasteiger partial charge in [0.05, 0.1) is 6.54 Å². The normalized spacial score (nSPS) is 11.4. The zero-order valence-electron chi connectivity index (χ0n) is 9.56. The minimum absolute atomic E-state index is 0.0612. The van der Waals surface area contributed by atoms with Gasteiger partial charge in [-0.2, -0.15) is 0 Å². The molecule has 0 heterocycles. The molecule has 0 spiro atoms. The molecule has 0 saturated heterocycles. The van der Waals surface area contributed by atoms with Crippen LogP contribution >= 0.6 is 0 Å². The number of nitrogens with one attached hydrogen (secondary N) is 2. The van der Waals surface area contributed by atoms with Gasteiger partial charge in [0.2, 0.25) is 0 Å². The lowest BCUT2D eigenvalue weighted by atomic mass is 10.2. The van der Waals surface area contributed by atoms with Crippen molar-refractivity contribution in [2.45, 2.75) is 25.8 Å². The molecule has 0 rings (SSSR count). The number of carboxylic acids is 1. The van der Waals surface area contributed by atoms with Crippen molar-refractivity contribution in [3.63, 3.8) is 0 Å². The van der Waals surface area contributed by atoms with Crippen molar-refractivity contribution >= 4 is 18.1 Å². The third-order valence-corrected chi connectivity index (χ3v) is 1.81. The van der Waals surface area contributed by atoms with Crippen molar-refractivity contribution in [2.75, 3.05) is 13.2 Å². The summed E-state index contributed by atoms with van der Waals surface area (Å²) in [4.78, 5) is 32.1. The van der Waals surface area contributed by atoms with Crippen molar-refractivity contribution in [2.24, 2.45) is 5.73 Å². The topological polar surface area (TPSA) is 131 Å². The van der Waals surface area contributed by atoms with E-state index in [0.29, 0.717) is 12.8 Å². The van der Waals surface area contributed by atoms with E-state index in [0.717, 1.165) is 0 Å². The molecule has 8 heteroatoms.